The highest BCUT2D eigenvalue weighted by atomic mass is 32.2. The summed E-state index contributed by atoms with van der Waals surface area (Å²) in [6.07, 6.45) is 3.05. The Kier molecular flexibility index (Phi) is 6.52. The monoisotopic (exact) mass is 402 g/mol. The predicted octanol–water partition coefficient (Wildman–Crippen LogP) is 4.13. The Morgan fingerprint density at radius 2 is 1.75 bits per heavy atom. The topological polar surface area (TPSA) is 80.7 Å². The zero-order valence-corrected chi connectivity index (χ0v) is 16.8. The van der Waals surface area contributed by atoms with E-state index in [1.165, 1.54) is 0 Å². The zero-order chi connectivity index (χ0) is 20.1. The van der Waals surface area contributed by atoms with E-state index in [2.05, 4.69) is 0 Å². The van der Waals surface area contributed by atoms with Gasteiger partial charge < -0.3 is 5.11 Å². The van der Waals surface area contributed by atoms with E-state index in [0.29, 0.717) is 0 Å². The molecule has 1 fully saturated rings. The van der Waals surface area contributed by atoms with E-state index in [0.717, 1.165) is 42.4 Å². The van der Waals surface area contributed by atoms with Gasteiger partial charge in [0.25, 0.3) is 10.1 Å². The summed E-state index contributed by atoms with van der Waals surface area (Å²) in [5.74, 6) is -1.35. The van der Waals surface area contributed by atoms with Crippen molar-refractivity contribution in [3.63, 3.8) is 0 Å². The molecule has 1 aliphatic rings. The van der Waals surface area contributed by atoms with Gasteiger partial charge in [-0.2, -0.15) is 8.42 Å². The van der Waals surface area contributed by atoms with Crippen LogP contribution in [0.5, 0.6) is 0 Å². The molecule has 0 spiro atoms. The highest BCUT2D eigenvalue weighted by Crippen LogP contribution is 2.33. The summed E-state index contributed by atoms with van der Waals surface area (Å²) < 4.78 is 30.5. The lowest BCUT2D eigenvalue weighted by Gasteiger charge is -2.20. The summed E-state index contributed by atoms with van der Waals surface area (Å²) >= 11 is 0. The molecule has 3 atom stereocenters. The maximum Gasteiger partial charge on any atom is 0.310 e. The van der Waals surface area contributed by atoms with Crippen molar-refractivity contribution in [3.05, 3.63) is 71.3 Å². The minimum absolute atomic E-state index is 0.112. The second-order valence-corrected chi connectivity index (χ2v) is 9.12. The van der Waals surface area contributed by atoms with E-state index in [4.69, 9.17) is 9.29 Å². The van der Waals surface area contributed by atoms with Crippen molar-refractivity contribution in [1.29, 1.82) is 0 Å². The van der Waals surface area contributed by atoms with E-state index in [-0.39, 0.29) is 17.8 Å². The number of rotatable bonds is 8. The van der Waals surface area contributed by atoms with Crippen LogP contribution in [0.4, 0.5) is 0 Å². The molecule has 5 nitrogen and oxygen atoms in total. The number of benzene rings is 2. The maximum absolute atomic E-state index is 12.5. The normalized spacial score (nSPS) is 20.8. The van der Waals surface area contributed by atoms with Crippen LogP contribution in [-0.2, 0) is 31.3 Å². The zero-order valence-electron chi connectivity index (χ0n) is 16.0. The van der Waals surface area contributed by atoms with Crippen molar-refractivity contribution >= 4 is 16.1 Å². The maximum atomic E-state index is 12.5. The Morgan fingerprint density at radius 3 is 2.39 bits per heavy atom. The molecule has 1 N–H and O–H groups in total. The molecule has 0 aromatic heterocycles. The lowest BCUT2D eigenvalue weighted by atomic mass is 9.94. The molecule has 0 unspecified atom stereocenters. The Hall–Kier alpha value is -2.18. The summed E-state index contributed by atoms with van der Waals surface area (Å²) in [6, 6.07) is 16.6. The van der Waals surface area contributed by atoms with Gasteiger partial charge in [0, 0.05) is 0 Å². The first-order valence-electron chi connectivity index (χ1n) is 9.60. The highest BCUT2D eigenvalue weighted by Gasteiger charge is 2.32. The first-order chi connectivity index (χ1) is 13.3. The van der Waals surface area contributed by atoms with Crippen molar-refractivity contribution in [2.75, 3.05) is 0 Å². The molecule has 0 amide bonds. The summed E-state index contributed by atoms with van der Waals surface area (Å²) in [5, 5.41) is 9.11. The molecule has 0 heterocycles. The number of hydrogen-bond acceptors (Lipinski definition) is 4. The summed E-state index contributed by atoms with van der Waals surface area (Å²) in [7, 11) is -3.64. The number of hydrogen-bond donors (Lipinski definition) is 1. The molecule has 0 radical (unpaired) electrons. The van der Waals surface area contributed by atoms with Crippen molar-refractivity contribution in [2.45, 2.75) is 50.4 Å². The number of carboxylic acids is 1. The van der Waals surface area contributed by atoms with Crippen LogP contribution in [0.3, 0.4) is 0 Å². The average molecular weight is 403 g/mol. The smallest absolute Gasteiger partial charge is 0.310 e. The molecule has 0 aliphatic heterocycles. The summed E-state index contributed by atoms with van der Waals surface area (Å²) in [6.45, 7) is 1.66. The molecule has 0 bridgehead atoms. The highest BCUT2D eigenvalue weighted by molar-refractivity contribution is 7.85. The van der Waals surface area contributed by atoms with E-state index >= 15 is 0 Å². The lowest BCUT2D eigenvalue weighted by Crippen LogP contribution is -2.24. The molecule has 2 aromatic rings. The van der Waals surface area contributed by atoms with Crippen LogP contribution in [0.2, 0.25) is 0 Å². The van der Waals surface area contributed by atoms with Crippen LogP contribution in [0.1, 0.15) is 48.8 Å². The Labute approximate surface area is 166 Å². The summed E-state index contributed by atoms with van der Waals surface area (Å²) in [5.41, 5.74) is 2.56. The van der Waals surface area contributed by atoms with Crippen LogP contribution < -0.4 is 0 Å². The average Bonchev–Trinajstić information content (AvgIpc) is 3.08. The third kappa shape index (κ3) is 5.42. The number of aliphatic carboxylic acids is 1. The van der Waals surface area contributed by atoms with Crippen molar-refractivity contribution in [1.82, 2.24) is 0 Å². The van der Waals surface area contributed by atoms with Gasteiger partial charge in [-0.3, -0.25) is 8.98 Å². The number of carbonyl (C=O) groups is 1. The fraction of sp³-hybridized carbons (Fsp3) is 0.409. The van der Waals surface area contributed by atoms with Crippen LogP contribution in [0, 0.1) is 5.92 Å². The fourth-order valence-corrected chi connectivity index (χ4v) is 5.05. The minimum Gasteiger partial charge on any atom is -0.481 e. The standard InChI is InChI=1S/C22H26O5S/c1-16(22(23)24)19-12-10-17(11-13-19)14-20-8-5-9-21(20)27-28(25,26)15-18-6-3-2-4-7-18/h2-4,6-7,10-13,16,20-21H,5,8-9,14-15H2,1H3,(H,23,24)/t16-,20+,21-/m0/s1. The van der Waals surface area contributed by atoms with Crippen molar-refractivity contribution < 1.29 is 22.5 Å². The molecule has 28 heavy (non-hydrogen) atoms. The SMILES string of the molecule is C[C@H](C(=O)O)c1ccc(C[C@H]2CCC[C@@H]2OS(=O)(=O)Cc2ccccc2)cc1. The summed E-state index contributed by atoms with van der Waals surface area (Å²) in [4.78, 5) is 11.1. The quantitative estimate of drug-likeness (QED) is 0.672. The molecule has 3 rings (SSSR count). The Balaban J connectivity index is 1.62. The molecule has 150 valence electrons. The fourth-order valence-electron chi connectivity index (χ4n) is 3.75. The van der Waals surface area contributed by atoms with Crippen molar-refractivity contribution in [2.24, 2.45) is 5.92 Å². The largest absolute Gasteiger partial charge is 0.481 e. The van der Waals surface area contributed by atoms with E-state index in [1.54, 1.807) is 19.1 Å². The van der Waals surface area contributed by atoms with Crippen LogP contribution in [-0.4, -0.2) is 25.6 Å². The molecule has 2 aromatic carbocycles. The molecule has 1 aliphatic carbocycles. The van der Waals surface area contributed by atoms with Gasteiger partial charge in [-0.25, -0.2) is 0 Å². The minimum atomic E-state index is -3.64. The second kappa shape index (κ2) is 8.88. The van der Waals surface area contributed by atoms with Gasteiger partial charge >= 0.3 is 5.97 Å². The second-order valence-electron chi connectivity index (χ2n) is 7.52. The van der Waals surface area contributed by atoms with Crippen LogP contribution in [0.15, 0.2) is 54.6 Å². The van der Waals surface area contributed by atoms with Gasteiger partial charge in [0.1, 0.15) is 5.75 Å². The molecule has 0 saturated heterocycles. The van der Waals surface area contributed by atoms with Gasteiger partial charge in [-0.15, -0.1) is 0 Å². The molecular formula is C22H26O5S. The van der Waals surface area contributed by atoms with Crippen LogP contribution in [0.25, 0.3) is 0 Å². The molecule has 6 heteroatoms. The van der Waals surface area contributed by atoms with E-state index in [9.17, 15) is 13.2 Å². The van der Waals surface area contributed by atoms with Crippen molar-refractivity contribution in [3.8, 4) is 0 Å². The number of carboxylic acid groups (broad SMARTS) is 1. The van der Waals surface area contributed by atoms with E-state index in [1.807, 2.05) is 42.5 Å². The third-order valence-electron chi connectivity index (χ3n) is 5.39. The third-order valence-corrected chi connectivity index (χ3v) is 6.62. The molecular weight excluding hydrogens is 376 g/mol. The first kappa shape index (κ1) is 20.6. The van der Waals surface area contributed by atoms with E-state index < -0.39 is 22.0 Å². The van der Waals surface area contributed by atoms with Gasteiger partial charge in [-0.1, -0.05) is 61.0 Å². The van der Waals surface area contributed by atoms with Gasteiger partial charge in [-0.05, 0) is 48.8 Å². The van der Waals surface area contributed by atoms with Gasteiger partial charge in [0.2, 0.25) is 0 Å². The van der Waals surface area contributed by atoms with Gasteiger partial charge in [0.05, 0.1) is 12.0 Å². The van der Waals surface area contributed by atoms with Gasteiger partial charge in [0.15, 0.2) is 0 Å². The van der Waals surface area contributed by atoms with Crippen LogP contribution >= 0.6 is 0 Å². The lowest BCUT2D eigenvalue weighted by molar-refractivity contribution is -0.138. The molecule has 1 saturated carbocycles. The predicted molar refractivity (Wildman–Crippen MR) is 107 cm³/mol. The first-order valence-corrected chi connectivity index (χ1v) is 11.2. The Morgan fingerprint density at radius 1 is 1.07 bits per heavy atom. The Bertz CT molecular complexity index is 890.